The monoisotopic (exact) mass is 478 g/mol. The van der Waals surface area contributed by atoms with Gasteiger partial charge in [-0.05, 0) is 42.7 Å². The minimum atomic E-state index is -0.657. The third-order valence-corrected chi connectivity index (χ3v) is 6.40. The minimum Gasteiger partial charge on any atom is -0.507 e. The molecule has 0 aliphatic carbocycles. The number of ketones is 1. The van der Waals surface area contributed by atoms with Gasteiger partial charge in [-0.1, -0.05) is 43.7 Å². The van der Waals surface area contributed by atoms with Crippen LogP contribution in [0.1, 0.15) is 36.6 Å². The maximum atomic E-state index is 13.2. The average Bonchev–Trinajstić information content (AvgIpc) is 3.12. The highest BCUT2D eigenvalue weighted by Crippen LogP contribution is 2.39. The summed E-state index contributed by atoms with van der Waals surface area (Å²) < 4.78 is 11.2. The number of hydrogen-bond donors (Lipinski definition) is 1. The first kappa shape index (κ1) is 24.9. The van der Waals surface area contributed by atoms with E-state index in [0.29, 0.717) is 50.1 Å². The molecule has 7 nitrogen and oxygen atoms in total. The largest absolute Gasteiger partial charge is 0.507 e. The lowest BCUT2D eigenvalue weighted by Gasteiger charge is -2.31. The molecule has 1 unspecified atom stereocenters. The van der Waals surface area contributed by atoms with Crippen LogP contribution < -0.4 is 4.74 Å². The predicted molar refractivity (Wildman–Crippen MR) is 134 cm³/mol. The highest BCUT2D eigenvalue weighted by atomic mass is 16.5. The van der Waals surface area contributed by atoms with Gasteiger partial charge in [0.2, 0.25) is 0 Å². The van der Waals surface area contributed by atoms with Crippen molar-refractivity contribution < 1.29 is 24.2 Å². The summed E-state index contributed by atoms with van der Waals surface area (Å²) in [5, 5.41) is 11.3. The molecule has 35 heavy (non-hydrogen) atoms. The Balaban J connectivity index is 1.66. The molecule has 2 aliphatic heterocycles. The zero-order valence-corrected chi connectivity index (χ0v) is 20.7. The van der Waals surface area contributed by atoms with Crippen LogP contribution in [0, 0.1) is 12.8 Å². The van der Waals surface area contributed by atoms with Crippen molar-refractivity contribution in [2.45, 2.75) is 26.8 Å². The van der Waals surface area contributed by atoms with Crippen molar-refractivity contribution in [3.05, 3.63) is 70.8 Å². The molecular formula is C28H34N2O5. The molecule has 1 atom stereocenters. The van der Waals surface area contributed by atoms with Crippen LogP contribution in [-0.4, -0.2) is 72.6 Å². The highest BCUT2D eigenvalue weighted by molar-refractivity contribution is 6.46. The topological polar surface area (TPSA) is 79.3 Å². The van der Waals surface area contributed by atoms with Crippen LogP contribution in [0.3, 0.4) is 0 Å². The second-order valence-electron chi connectivity index (χ2n) is 9.59. The Hall–Kier alpha value is -3.16. The average molecular weight is 479 g/mol. The normalized spacial score (nSPS) is 20.6. The Morgan fingerprint density at radius 3 is 2.31 bits per heavy atom. The number of aryl methyl sites for hydroxylation is 1. The van der Waals surface area contributed by atoms with Gasteiger partial charge in [0.05, 0.1) is 31.4 Å². The second-order valence-corrected chi connectivity index (χ2v) is 9.59. The molecule has 0 spiro atoms. The fraction of sp³-hybridized carbons (Fsp3) is 0.429. The number of aliphatic hydroxyl groups excluding tert-OH is 1. The maximum Gasteiger partial charge on any atom is 0.295 e. The van der Waals surface area contributed by atoms with Crippen LogP contribution in [0.5, 0.6) is 5.75 Å². The first-order valence-corrected chi connectivity index (χ1v) is 12.2. The zero-order valence-electron chi connectivity index (χ0n) is 20.7. The van der Waals surface area contributed by atoms with Crippen molar-refractivity contribution >= 4 is 17.4 Å². The van der Waals surface area contributed by atoms with Gasteiger partial charge in [0.1, 0.15) is 11.5 Å². The van der Waals surface area contributed by atoms with Crippen molar-refractivity contribution in [2.24, 2.45) is 5.92 Å². The van der Waals surface area contributed by atoms with Crippen LogP contribution >= 0.6 is 0 Å². The quantitative estimate of drug-likeness (QED) is 0.353. The number of ether oxygens (including phenoxy) is 2. The first-order chi connectivity index (χ1) is 16.8. The maximum absolute atomic E-state index is 13.2. The summed E-state index contributed by atoms with van der Waals surface area (Å²) >= 11 is 0. The van der Waals surface area contributed by atoms with Crippen molar-refractivity contribution in [3.63, 3.8) is 0 Å². The van der Waals surface area contributed by atoms with E-state index < -0.39 is 17.7 Å². The number of carbonyl (C=O) groups is 2. The fourth-order valence-corrected chi connectivity index (χ4v) is 4.41. The van der Waals surface area contributed by atoms with Crippen molar-refractivity contribution in [2.75, 3.05) is 46.0 Å². The molecule has 0 radical (unpaired) electrons. The summed E-state index contributed by atoms with van der Waals surface area (Å²) in [6, 6.07) is 14.1. The number of likely N-dealkylation sites (tertiary alicyclic amines) is 1. The molecule has 2 aromatic rings. The zero-order chi connectivity index (χ0) is 24.9. The Kier molecular flexibility index (Phi) is 7.88. The van der Waals surface area contributed by atoms with E-state index in [1.807, 2.05) is 31.2 Å². The number of hydrogen-bond acceptors (Lipinski definition) is 6. The van der Waals surface area contributed by atoms with E-state index in [1.54, 1.807) is 29.2 Å². The Morgan fingerprint density at radius 2 is 1.69 bits per heavy atom. The van der Waals surface area contributed by atoms with Gasteiger partial charge < -0.3 is 19.5 Å². The molecule has 0 aromatic heterocycles. The summed E-state index contributed by atoms with van der Waals surface area (Å²) in [7, 11) is 0. The number of aliphatic hydroxyl groups is 1. The predicted octanol–water partition coefficient (Wildman–Crippen LogP) is 3.78. The lowest BCUT2D eigenvalue weighted by atomic mass is 9.94. The van der Waals surface area contributed by atoms with Crippen LogP contribution in [0.25, 0.3) is 5.76 Å². The molecule has 0 saturated carbocycles. The third kappa shape index (κ3) is 5.74. The number of nitrogens with zero attached hydrogens (tertiary/aromatic N) is 2. The molecule has 2 aromatic carbocycles. The van der Waals surface area contributed by atoms with Gasteiger partial charge in [0, 0.05) is 31.7 Å². The number of carbonyl (C=O) groups excluding carboxylic acids is 2. The summed E-state index contributed by atoms with van der Waals surface area (Å²) in [5.41, 5.74) is 2.48. The van der Waals surface area contributed by atoms with Crippen molar-refractivity contribution in [1.82, 2.24) is 9.80 Å². The summed E-state index contributed by atoms with van der Waals surface area (Å²) in [6.07, 6.45) is 0. The molecule has 2 heterocycles. The van der Waals surface area contributed by atoms with Crippen LogP contribution in [0.15, 0.2) is 54.1 Å². The molecule has 7 heteroatoms. The molecule has 186 valence electrons. The van der Waals surface area contributed by atoms with E-state index in [1.165, 1.54) is 0 Å². The molecule has 2 fully saturated rings. The summed E-state index contributed by atoms with van der Waals surface area (Å²) in [4.78, 5) is 30.2. The molecule has 0 bridgehead atoms. The lowest BCUT2D eigenvalue weighted by molar-refractivity contribution is -0.140. The number of morpholine rings is 1. The van der Waals surface area contributed by atoms with E-state index in [-0.39, 0.29) is 11.3 Å². The fourth-order valence-electron chi connectivity index (χ4n) is 4.41. The molecule has 4 rings (SSSR count). The van der Waals surface area contributed by atoms with Crippen LogP contribution in [-0.2, 0) is 14.3 Å². The third-order valence-electron chi connectivity index (χ3n) is 6.40. The van der Waals surface area contributed by atoms with E-state index in [2.05, 4.69) is 18.7 Å². The van der Waals surface area contributed by atoms with Gasteiger partial charge in [-0.2, -0.15) is 0 Å². The van der Waals surface area contributed by atoms with Gasteiger partial charge in [0.15, 0.2) is 0 Å². The van der Waals surface area contributed by atoms with Crippen LogP contribution in [0.2, 0.25) is 0 Å². The molecule has 2 aliphatic rings. The first-order valence-electron chi connectivity index (χ1n) is 12.2. The highest BCUT2D eigenvalue weighted by Gasteiger charge is 2.46. The Labute approximate surface area is 206 Å². The Morgan fingerprint density at radius 1 is 1.03 bits per heavy atom. The van der Waals surface area contributed by atoms with Crippen molar-refractivity contribution in [3.8, 4) is 5.75 Å². The molecular weight excluding hydrogens is 444 g/mol. The summed E-state index contributed by atoms with van der Waals surface area (Å²) in [5.74, 6) is -0.321. The SMILES string of the molecule is Cc1ccc(C2/C(=C(/O)c3ccc(OCC(C)C)cc3)C(=O)C(=O)N2CCN2CCOCC2)cc1. The van der Waals surface area contributed by atoms with E-state index in [9.17, 15) is 14.7 Å². The molecule has 2 saturated heterocycles. The van der Waals surface area contributed by atoms with E-state index >= 15 is 0 Å². The smallest absolute Gasteiger partial charge is 0.295 e. The van der Waals surface area contributed by atoms with Crippen LogP contribution in [0.4, 0.5) is 0 Å². The van der Waals surface area contributed by atoms with Gasteiger partial charge in [0.25, 0.3) is 11.7 Å². The van der Waals surface area contributed by atoms with Gasteiger partial charge >= 0.3 is 0 Å². The number of rotatable bonds is 8. The van der Waals surface area contributed by atoms with Gasteiger partial charge in [-0.25, -0.2) is 0 Å². The molecule has 1 N–H and O–H groups in total. The van der Waals surface area contributed by atoms with E-state index in [0.717, 1.165) is 24.2 Å². The minimum absolute atomic E-state index is 0.122. The molecule has 1 amide bonds. The second kappa shape index (κ2) is 11.1. The summed E-state index contributed by atoms with van der Waals surface area (Å²) in [6.45, 7) is 10.7. The standard InChI is InChI=1S/C28H34N2O5/c1-19(2)18-35-23-10-8-22(9-11-23)26(31)24-25(21-6-4-20(3)5-7-21)30(28(33)27(24)32)13-12-29-14-16-34-17-15-29/h4-11,19,25,31H,12-18H2,1-3H3/b26-24-. The number of benzene rings is 2. The van der Waals surface area contributed by atoms with Gasteiger partial charge in [-0.15, -0.1) is 0 Å². The number of Topliss-reactive ketones (excluding diaryl/α,β-unsaturated/α-hetero) is 1. The Bertz CT molecular complexity index is 1070. The number of amides is 1. The van der Waals surface area contributed by atoms with E-state index in [4.69, 9.17) is 9.47 Å². The van der Waals surface area contributed by atoms with Crippen molar-refractivity contribution in [1.29, 1.82) is 0 Å². The van der Waals surface area contributed by atoms with Gasteiger partial charge in [-0.3, -0.25) is 14.5 Å². The lowest BCUT2D eigenvalue weighted by Crippen LogP contribution is -2.42.